The van der Waals surface area contributed by atoms with Crippen molar-refractivity contribution < 1.29 is 50.4 Å². The lowest BCUT2D eigenvalue weighted by molar-refractivity contribution is 0.246. The van der Waals surface area contributed by atoms with Crippen molar-refractivity contribution in [2.75, 3.05) is 39.3 Å². The molecule has 12 aromatic rings. The van der Waals surface area contributed by atoms with Crippen molar-refractivity contribution in [1.82, 2.24) is 48.9 Å². The number of aromatic nitrogens is 8. The van der Waals surface area contributed by atoms with E-state index in [2.05, 4.69) is 73.5 Å². The van der Waals surface area contributed by atoms with Crippen LogP contribution < -0.4 is 16.7 Å². The van der Waals surface area contributed by atoms with Crippen molar-refractivity contribution in [1.29, 1.82) is 0 Å². The summed E-state index contributed by atoms with van der Waals surface area (Å²) in [5, 5.41) is 19.4. The third-order valence-electron chi connectivity index (χ3n) is 21.9. The zero-order chi connectivity index (χ0) is 87.7. The highest BCUT2D eigenvalue weighted by molar-refractivity contribution is 9.11. The van der Waals surface area contributed by atoms with Crippen LogP contribution in [0.4, 0.5) is 0 Å². The van der Waals surface area contributed by atoms with E-state index in [0.29, 0.717) is 118 Å². The summed E-state index contributed by atoms with van der Waals surface area (Å²) in [4.78, 5) is 3.96. The van der Waals surface area contributed by atoms with Gasteiger partial charge in [-0.25, -0.2) is 0 Å². The SMILES string of the molecule is Cc1cc(C)n(CCN(CCc2cc3c(OS(=O)(=O)c4ccc(Br)cc4)c(c2)Cc2cc(C(C)(C)C)cc(c2OS(=O)(=O)c2ccc(Br)cc2)Cc2cc(CCN(CCn4nc(C)cc4C)CCn4nc(C)cc4C)cc(c2OS(=O)(=O)c2ccc(Br)cc2)Cc2cc(C(C)(C)C)cc(c2OS(=O)(=O)c2ccc(Br)cc2)C3)CCn2nc(C)cc2C)n1. The first-order chi connectivity index (χ1) is 57.5. The highest BCUT2D eigenvalue weighted by Gasteiger charge is 2.34. The second-order valence-corrected chi connectivity index (χ2v) is 43.5. The molecule has 1 aliphatic carbocycles. The molecule has 0 saturated carbocycles. The Kier molecular flexibility index (Phi) is 27.9. The highest BCUT2D eigenvalue weighted by Crippen LogP contribution is 2.46. The number of hydrogen-bond acceptors (Lipinski definition) is 18. The monoisotopic (exact) mass is 1980 g/mol. The van der Waals surface area contributed by atoms with Gasteiger partial charge in [-0.15, -0.1) is 0 Å². The fourth-order valence-electron chi connectivity index (χ4n) is 15.4. The van der Waals surface area contributed by atoms with Crippen LogP contribution in [0.1, 0.15) is 154 Å². The topological polar surface area (TPSA) is 251 Å². The lowest BCUT2D eigenvalue weighted by Crippen LogP contribution is -2.33. The van der Waals surface area contributed by atoms with Crippen LogP contribution >= 0.6 is 63.7 Å². The van der Waals surface area contributed by atoms with Crippen LogP contribution in [0.2, 0.25) is 0 Å². The van der Waals surface area contributed by atoms with Gasteiger partial charge in [-0.3, -0.25) is 28.5 Å². The minimum absolute atomic E-state index is 0.119. The van der Waals surface area contributed by atoms with Gasteiger partial charge in [0.15, 0.2) is 0 Å². The van der Waals surface area contributed by atoms with Gasteiger partial charge in [-0.1, -0.05) is 154 Å². The standard InChI is InChI=1S/C92H102Br4N10O12S4/c1-59-43-63(5)103(97-59)39-35-101(36-40-104-64(6)44-60(2)98-104)33-31-67-47-69-51-73-55-77(91(9,10)11)57-75(89(73)117-121(111,112)85-27-19-81(95)20-28-85)53-71-49-68(32-34-102(37-41-105-65(7)45-61(3)99-105)38-42-106-66(8)46-62(4)100-106)50-72(88(71)116-120(109,110)84-25-17-80(94)18-26-84)54-76-58-78(92(12,13)14)56-74(90(76)118-122(113,114)86-29-21-82(96)22-30-86)52-70(48-67)87(69)115-119(107,108)83-23-15-79(93)16-24-83/h15-30,43-50,55-58H,31-42,51-54H2,1-14H3. The van der Waals surface area contributed by atoms with E-state index in [1.54, 1.807) is 48.5 Å². The van der Waals surface area contributed by atoms with Gasteiger partial charge in [0.1, 0.15) is 42.6 Å². The van der Waals surface area contributed by atoms with Crippen LogP contribution in [-0.4, -0.2) is 122 Å². The molecule has 0 radical (unpaired) electrons. The Morgan fingerprint density at radius 2 is 0.500 bits per heavy atom. The first kappa shape index (κ1) is 91.1. The van der Waals surface area contributed by atoms with Gasteiger partial charge >= 0.3 is 40.5 Å². The summed E-state index contributed by atoms with van der Waals surface area (Å²) in [7, 11) is -19.3. The number of rotatable bonds is 30. The Morgan fingerprint density at radius 3 is 0.680 bits per heavy atom. The fourth-order valence-corrected chi connectivity index (χ4v) is 20.5. The second-order valence-electron chi connectivity index (χ2n) is 33.7. The number of nitrogens with zero attached hydrogens (tertiary/aromatic N) is 10. The summed E-state index contributed by atoms with van der Waals surface area (Å²) in [6.07, 6.45) is -0.351. The zero-order valence-corrected chi connectivity index (χ0v) is 80.6. The van der Waals surface area contributed by atoms with Gasteiger partial charge < -0.3 is 16.7 Å². The molecule has 0 aliphatic heterocycles. The van der Waals surface area contributed by atoms with Crippen molar-refractivity contribution in [2.45, 2.75) is 192 Å². The zero-order valence-electron chi connectivity index (χ0n) is 71.0. The molecule has 30 heteroatoms. The second kappa shape index (κ2) is 37.3. The molecule has 1 aliphatic rings. The lowest BCUT2D eigenvalue weighted by atomic mass is 9.81. The summed E-state index contributed by atoms with van der Waals surface area (Å²) in [5.74, 6) is -0.483. The van der Waals surface area contributed by atoms with Crippen molar-refractivity contribution in [3.8, 4) is 23.0 Å². The average Bonchev–Trinajstić information content (AvgIpc) is 0.803. The van der Waals surface area contributed by atoms with Gasteiger partial charge in [0, 0.05) is 150 Å². The van der Waals surface area contributed by atoms with Crippen LogP contribution in [0.15, 0.2) is 207 Å². The van der Waals surface area contributed by atoms with Gasteiger partial charge in [-0.2, -0.15) is 54.1 Å². The highest BCUT2D eigenvalue weighted by atomic mass is 79.9. The van der Waals surface area contributed by atoms with Gasteiger partial charge in [0.05, 0.1) is 49.0 Å². The summed E-state index contributed by atoms with van der Waals surface area (Å²) in [5.41, 5.74) is 11.3. The maximum absolute atomic E-state index is 15.7. The van der Waals surface area contributed by atoms with Crippen LogP contribution in [0.3, 0.4) is 0 Å². The van der Waals surface area contributed by atoms with Crippen molar-refractivity contribution in [3.63, 3.8) is 0 Å². The number of benzene rings is 8. The molecule has 0 fully saturated rings. The summed E-state index contributed by atoms with van der Waals surface area (Å²) in [6, 6.07) is 47.5. The number of fused-ring (bicyclic) bond motifs is 8. The van der Waals surface area contributed by atoms with Crippen LogP contribution in [0.25, 0.3) is 0 Å². The molecule has 0 spiro atoms. The van der Waals surface area contributed by atoms with Crippen LogP contribution in [-0.2, 0) is 116 Å². The minimum atomic E-state index is -4.82. The summed E-state index contributed by atoms with van der Waals surface area (Å²) < 4.78 is 163. The Hall–Kier alpha value is -8.56. The molecule has 0 unspecified atom stereocenters. The Labute approximate surface area is 751 Å². The van der Waals surface area contributed by atoms with E-state index in [1.165, 1.54) is 48.5 Å². The molecule has 8 bridgehead atoms. The van der Waals surface area contributed by atoms with E-state index in [9.17, 15) is 0 Å². The van der Waals surface area contributed by atoms with E-state index in [0.717, 1.165) is 45.6 Å². The van der Waals surface area contributed by atoms with Gasteiger partial charge in [0.2, 0.25) is 0 Å². The molecule has 0 N–H and O–H groups in total. The molecule has 4 heterocycles. The quantitative estimate of drug-likeness (QED) is 0.0379. The maximum atomic E-state index is 15.7. The van der Waals surface area contributed by atoms with Crippen LogP contribution in [0.5, 0.6) is 23.0 Å². The van der Waals surface area contributed by atoms with E-state index >= 15 is 33.7 Å². The third kappa shape index (κ3) is 22.6. The van der Waals surface area contributed by atoms with Crippen molar-refractivity contribution >= 4 is 104 Å². The molecule has 0 saturated heterocycles. The molecule has 122 heavy (non-hydrogen) atoms. The molecule has 13 rings (SSSR count). The van der Waals surface area contributed by atoms with E-state index in [-0.39, 0.29) is 113 Å². The lowest BCUT2D eigenvalue weighted by Gasteiger charge is -2.28. The smallest absolute Gasteiger partial charge is 0.339 e. The largest absolute Gasteiger partial charge is 0.378 e. The predicted molar refractivity (Wildman–Crippen MR) is 489 cm³/mol. The van der Waals surface area contributed by atoms with Crippen molar-refractivity contribution in [3.05, 3.63) is 300 Å². The molecule has 644 valence electrons. The Bertz CT molecular complexity index is 5780. The molecular formula is C92H102Br4N10O12S4. The fraction of sp³-hybridized carbons (Fsp3) is 0.348. The molecule has 0 amide bonds. The average molecular weight is 1990 g/mol. The van der Waals surface area contributed by atoms with E-state index in [1.807, 2.05) is 188 Å². The minimum Gasteiger partial charge on any atom is -0.378 e. The Morgan fingerprint density at radius 1 is 0.303 bits per heavy atom. The molecule has 4 aromatic heterocycles. The van der Waals surface area contributed by atoms with Gasteiger partial charge in [-0.05, 0) is 223 Å². The Balaban J connectivity index is 1.11. The predicted octanol–water partition coefficient (Wildman–Crippen LogP) is 18.8. The first-order valence-corrected chi connectivity index (χ1v) is 49.2. The molecular weight excluding hydrogens is 1880 g/mol. The number of aryl methyl sites for hydroxylation is 8. The first-order valence-electron chi connectivity index (χ1n) is 40.4. The van der Waals surface area contributed by atoms with E-state index in [4.69, 9.17) is 37.1 Å². The normalized spacial score (nSPS) is 13.0. The third-order valence-corrected chi connectivity index (χ3v) is 28.9. The summed E-state index contributed by atoms with van der Waals surface area (Å²) in [6.45, 7) is 33.6. The molecule has 0 atom stereocenters. The number of hydrogen-bond donors (Lipinski definition) is 0. The van der Waals surface area contributed by atoms with Gasteiger partial charge in [0.25, 0.3) is 0 Å². The molecule has 8 aromatic carbocycles. The molecule has 22 nitrogen and oxygen atoms in total. The summed E-state index contributed by atoms with van der Waals surface area (Å²) >= 11 is 14.0. The van der Waals surface area contributed by atoms with E-state index < -0.39 is 51.3 Å². The van der Waals surface area contributed by atoms with Crippen LogP contribution in [0, 0.1) is 55.4 Å². The maximum Gasteiger partial charge on any atom is 0.339 e. The number of halogens is 4. The van der Waals surface area contributed by atoms with Crippen molar-refractivity contribution in [2.24, 2.45) is 0 Å².